The van der Waals surface area contributed by atoms with Gasteiger partial charge in [0.2, 0.25) is 0 Å². The zero-order chi connectivity index (χ0) is 18.7. The lowest BCUT2D eigenvalue weighted by molar-refractivity contribution is -0.147. The first-order valence-electron chi connectivity index (χ1n) is 11.2. The minimum atomic E-state index is -0.0573. The summed E-state index contributed by atoms with van der Waals surface area (Å²) < 4.78 is 10.7. The molecule has 0 saturated carbocycles. The second kappa shape index (κ2) is 17.6. The number of carbonyl (C=O) groups excluding carboxylic acids is 1. The summed E-state index contributed by atoms with van der Waals surface area (Å²) in [6.07, 6.45) is 24.2. The predicted molar refractivity (Wildman–Crippen MR) is 109 cm³/mol. The van der Waals surface area contributed by atoms with Crippen LogP contribution >= 0.6 is 0 Å². The average molecular weight is 367 g/mol. The Morgan fingerprint density at radius 2 is 1.54 bits per heavy atom. The van der Waals surface area contributed by atoms with E-state index in [4.69, 9.17) is 9.47 Å². The largest absolute Gasteiger partial charge is 0.463 e. The summed E-state index contributed by atoms with van der Waals surface area (Å²) >= 11 is 0. The Hall–Kier alpha value is -0.830. The Kier molecular flexibility index (Phi) is 15.7. The lowest BCUT2D eigenvalue weighted by atomic mass is 10.1. The molecule has 0 amide bonds. The summed E-state index contributed by atoms with van der Waals surface area (Å²) in [5.41, 5.74) is 0. The number of hydrogen-bond donors (Lipinski definition) is 0. The van der Waals surface area contributed by atoms with Crippen LogP contribution in [-0.2, 0) is 14.3 Å². The van der Waals surface area contributed by atoms with Gasteiger partial charge in [-0.25, -0.2) is 0 Å². The lowest BCUT2D eigenvalue weighted by Gasteiger charge is -2.09. The molecule has 0 N–H and O–H groups in total. The van der Waals surface area contributed by atoms with E-state index in [-0.39, 0.29) is 12.1 Å². The summed E-state index contributed by atoms with van der Waals surface area (Å²) in [6.45, 7) is 3.53. The predicted octanol–water partition coefficient (Wildman–Crippen LogP) is 6.75. The molecule has 0 unspecified atom stereocenters. The van der Waals surface area contributed by atoms with Crippen molar-refractivity contribution >= 4 is 5.97 Å². The molecule has 0 radical (unpaired) electrons. The first-order chi connectivity index (χ1) is 12.8. The van der Waals surface area contributed by atoms with Crippen molar-refractivity contribution in [1.82, 2.24) is 0 Å². The minimum Gasteiger partial charge on any atom is -0.463 e. The summed E-state index contributed by atoms with van der Waals surface area (Å²) in [6, 6.07) is 0. The normalized spacial score (nSPS) is 17.2. The molecule has 3 heteroatoms. The molecule has 0 aromatic heterocycles. The molecule has 3 nitrogen and oxygen atoms in total. The van der Waals surface area contributed by atoms with Gasteiger partial charge in [-0.1, -0.05) is 70.4 Å². The second-order valence-corrected chi connectivity index (χ2v) is 7.65. The molecule has 1 heterocycles. The van der Waals surface area contributed by atoms with Crippen LogP contribution in [0.5, 0.6) is 0 Å². The quantitative estimate of drug-likeness (QED) is 0.162. The third-order valence-electron chi connectivity index (χ3n) is 5.10. The Labute approximate surface area is 161 Å². The third kappa shape index (κ3) is 14.4. The van der Waals surface area contributed by atoms with Crippen molar-refractivity contribution in [1.29, 1.82) is 0 Å². The van der Waals surface area contributed by atoms with Crippen molar-refractivity contribution in [3.8, 4) is 0 Å². The van der Waals surface area contributed by atoms with Gasteiger partial charge < -0.3 is 9.47 Å². The number of allylic oxidation sites excluding steroid dienone is 2. The van der Waals surface area contributed by atoms with Crippen molar-refractivity contribution in [2.24, 2.45) is 0 Å². The van der Waals surface area contributed by atoms with E-state index in [0.29, 0.717) is 13.0 Å². The topological polar surface area (TPSA) is 35.5 Å². The SMILES string of the molecule is CCCCCCCC/C=C/CCCCCCCC(=O)OC[C@H]1CCCO1. The van der Waals surface area contributed by atoms with Gasteiger partial charge in [-0.3, -0.25) is 4.79 Å². The van der Waals surface area contributed by atoms with Gasteiger partial charge in [0.1, 0.15) is 6.61 Å². The summed E-state index contributed by atoms with van der Waals surface area (Å²) in [4.78, 5) is 11.6. The molecule has 1 aliphatic rings. The molecule has 1 atom stereocenters. The van der Waals surface area contributed by atoms with E-state index in [0.717, 1.165) is 32.3 Å². The van der Waals surface area contributed by atoms with Gasteiger partial charge in [-0.15, -0.1) is 0 Å². The summed E-state index contributed by atoms with van der Waals surface area (Å²) in [5, 5.41) is 0. The summed E-state index contributed by atoms with van der Waals surface area (Å²) in [5.74, 6) is -0.0573. The molecule has 0 spiro atoms. The smallest absolute Gasteiger partial charge is 0.305 e. The van der Waals surface area contributed by atoms with E-state index in [1.165, 1.54) is 70.6 Å². The van der Waals surface area contributed by atoms with Crippen molar-refractivity contribution in [3.05, 3.63) is 12.2 Å². The first kappa shape index (κ1) is 23.2. The van der Waals surface area contributed by atoms with Crippen LogP contribution in [0.15, 0.2) is 12.2 Å². The fraction of sp³-hybridized carbons (Fsp3) is 0.870. The van der Waals surface area contributed by atoms with Gasteiger partial charge >= 0.3 is 5.97 Å². The monoisotopic (exact) mass is 366 g/mol. The van der Waals surface area contributed by atoms with Gasteiger partial charge in [-0.2, -0.15) is 0 Å². The maximum atomic E-state index is 11.6. The van der Waals surface area contributed by atoms with Gasteiger partial charge in [0.05, 0.1) is 6.10 Å². The van der Waals surface area contributed by atoms with Crippen molar-refractivity contribution in [3.63, 3.8) is 0 Å². The Morgan fingerprint density at radius 3 is 2.15 bits per heavy atom. The highest BCUT2D eigenvalue weighted by atomic mass is 16.6. The molecule has 1 saturated heterocycles. The number of rotatable bonds is 17. The Morgan fingerprint density at radius 1 is 0.923 bits per heavy atom. The third-order valence-corrected chi connectivity index (χ3v) is 5.10. The molecular formula is C23H42O3. The number of ether oxygens (including phenoxy) is 2. The average Bonchev–Trinajstić information content (AvgIpc) is 3.17. The fourth-order valence-electron chi connectivity index (χ4n) is 3.37. The number of unbranched alkanes of at least 4 members (excludes halogenated alkanes) is 11. The fourth-order valence-corrected chi connectivity index (χ4v) is 3.37. The lowest BCUT2D eigenvalue weighted by Crippen LogP contribution is -2.17. The first-order valence-corrected chi connectivity index (χ1v) is 11.2. The van der Waals surface area contributed by atoms with Gasteiger partial charge in [0.15, 0.2) is 0 Å². The molecule has 0 aliphatic carbocycles. The van der Waals surface area contributed by atoms with Crippen LogP contribution in [0.4, 0.5) is 0 Å². The van der Waals surface area contributed by atoms with Crippen LogP contribution in [0.25, 0.3) is 0 Å². The highest BCUT2D eigenvalue weighted by Gasteiger charge is 2.17. The zero-order valence-electron chi connectivity index (χ0n) is 17.2. The van der Waals surface area contributed by atoms with Crippen LogP contribution in [0.3, 0.4) is 0 Å². The minimum absolute atomic E-state index is 0.0573. The van der Waals surface area contributed by atoms with Crippen LogP contribution in [0.1, 0.15) is 110 Å². The van der Waals surface area contributed by atoms with E-state index in [9.17, 15) is 4.79 Å². The molecular weight excluding hydrogens is 324 g/mol. The molecule has 26 heavy (non-hydrogen) atoms. The van der Waals surface area contributed by atoms with Crippen LogP contribution in [0.2, 0.25) is 0 Å². The van der Waals surface area contributed by atoms with Crippen molar-refractivity contribution in [2.45, 2.75) is 116 Å². The molecule has 1 fully saturated rings. The maximum absolute atomic E-state index is 11.6. The zero-order valence-corrected chi connectivity index (χ0v) is 17.2. The molecule has 0 aromatic rings. The van der Waals surface area contributed by atoms with Crippen LogP contribution in [0, 0.1) is 0 Å². The van der Waals surface area contributed by atoms with Crippen molar-refractivity contribution in [2.75, 3.05) is 13.2 Å². The number of hydrogen-bond acceptors (Lipinski definition) is 3. The molecule has 0 aromatic carbocycles. The molecule has 1 aliphatic heterocycles. The van der Waals surface area contributed by atoms with Crippen molar-refractivity contribution < 1.29 is 14.3 Å². The summed E-state index contributed by atoms with van der Waals surface area (Å²) in [7, 11) is 0. The van der Waals surface area contributed by atoms with Gasteiger partial charge in [0.25, 0.3) is 0 Å². The second-order valence-electron chi connectivity index (χ2n) is 7.65. The molecule has 0 bridgehead atoms. The standard InChI is InChI=1S/C23H42O3/c1-2-3-4-5-6-7-8-9-10-11-12-13-14-15-16-19-23(24)26-21-22-18-17-20-25-22/h9-10,22H,2-8,11-21H2,1H3/b10-9+/t22-/m1/s1. The van der Waals surface area contributed by atoms with E-state index in [1.807, 2.05) is 0 Å². The van der Waals surface area contributed by atoms with Gasteiger partial charge in [0, 0.05) is 13.0 Å². The van der Waals surface area contributed by atoms with E-state index in [1.54, 1.807) is 0 Å². The van der Waals surface area contributed by atoms with Gasteiger partial charge in [-0.05, 0) is 44.9 Å². The highest BCUT2D eigenvalue weighted by Crippen LogP contribution is 2.13. The van der Waals surface area contributed by atoms with E-state index < -0.39 is 0 Å². The molecule has 1 rings (SSSR count). The van der Waals surface area contributed by atoms with E-state index in [2.05, 4.69) is 19.1 Å². The van der Waals surface area contributed by atoms with Crippen LogP contribution < -0.4 is 0 Å². The van der Waals surface area contributed by atoms with E-state index >= 15 is 0 Å². The Balaban J connectivity index is 1.76. The number of esters is 1. The Bertz CT molecular complexity index is 345. The maximum Gasteiger partial charge on any atom is 0.305 e. The number of carbonyl (C=O) groups is 1. The van der Waals surface area contributed by atoms with Crippen LogP contribution in [-0.4, -0.2) is 25.3 Å². The molecule has 152 valence electrons. The highest BCUT2D eigenvalue weighted by molar-refractivity contribution is 5.69.